The first-order valence-electron chi connectivity index (χ1n) is 12.2. The number of aromatic nitrogens is 2. The van der Waals surface area contributed by atoms with E-state index in [1.807, 2.05) is 50.2 Å². The molecule has 0 unspecified atom stereocenters. The molecule has 0 aliphatic heterocycles. The quantitative estimate of drug-likeness (QED) is 0.193. The van der Waals surface area contributed by atoms with Crippen LogP contribution < -0.4 is 9.47 Å². The van der Waals surface area contributed by atoms with Crippen LogP contribution in [-0.4, -0.2) is 21.2 Å². The van der Waals surface area contributed by atoms with Gasteiger partial charge in [0.1, 0.15) is 30.4 Å². The Morgan fingerprint density at radius 3 is 2.36 bits per heavy atom. The van der Waals surface area contributed by atoms with Crippen molar-refractivity contribution in [1.29, 1.82) is 0 Å². The number of benzene rings is 3. The van der Waals surface area contributed by atoms with Crippen molar-refractivity contribution in [2.24, 2.45) is 0 Å². The van der Waals surface area contributed by atoms with Crippen molar-refractivity contribution in [3.8, 4) is 22.6 Å². The first-order chi connectivity index (χ1) is 18.8. The fraction of sp³-hybridized carbons (Fsp3) is 0.167. The molecule has 5 aromatic rings. The first kappa shape index (κ1) is 26.5. The minimum absolute atomic E-state index is 0.00307. The fourth-order valence-electron chi connectivity index (χ4n) is 4.22. The maximum atomic E-state index is 11.9. The summed E-state index contributed by atoms with van der Waals surface area (Å²) in [6.07, 6.45) is 0. The Kier molecular flexibility index (Phi) is 7.72. The van der Waals surface area contributed by atoms with E-state index in [1.165, 1.54) is 0 Å². The molecule has 39 heavy (non-hydrogen) atoms. The van der Waals surface area contributed by atoms with E-state index in [1.54, 1.807) is 36.4 Å². The summed E-state index contributed by atoms with van der Waals surface area (Å²) in [4.78, 5) is 16.3. The number of aromatic carboxylic acids is 1. The van der Waals surface area contributed by atoms with E-state index in [4.69, 9.17) is 37.2 Å². The summed E-state index contributed by atoms with van der Waals surface area (Å²) in [6.45, 7) is 4.31. The van der Waals surface area contributed by atoms with Crippen LogP contribution in [0.25, 0.3) is 22.0 Å². The third-order valence-electron chi connectivity index (χ3n) is 6.17. The normalized spacial score (nSPS) is 11.2. The monoisotopic (exact) mass is 562 g/mol. The molecule has 0 bridgehead atoms. The van der Waals surface area contributed by atoms with E-state index in [9.17, 15) is 9.90 Å². The molecule has 0 spiro atoms. The average molecular weight is 563 g/mol. The number of carboxylic acid groups (broad SMARTS) is 1. The van der Waals surface area contributed by atoms with E-state index in [2.05, 4.69) is 10.1 Å². The summed E-state index contributed by atoms with van der Waals surface area (Å²) in [6, 6.07) is 21.6. The third kappa shape index (κ3) is 5.70. The zero-order valence-corrected chi connectivity index (χ0v) is 22.7. The van der Waals surface area contributed by atoms with Gasteiger partial charge in [-0.25, -0.2) is 9.78 Å². The molecule has 0 saturated heterocycles. The van der Waals surface area contributed by atoms with Gasteiger partial charge in [-0.1, -0.05) is 78.6 Å². The van der Waals surface area contributed by atoms with Gasteiger partial charge in [0.2, 0.25) is 0 Å². The molecule has 0 amide bonds. The zero-order chi connectivity index (χ0) is 27.5. The number of carboxylic acids is 1. The van der Waals surface area contributed by atoms with Crippen molar-refractivity contribution in [2.75, 3.05) is 0 Å². The summed E-state index contributed by atoms with van der Waals surface area (Å²) in [5, 5.41) is 15.6. The van der Waals surface area contributed by atoms with Gasteiger partial charge in [0, 0.05) is 16.9 Å². The molecule has 0 fully saturated rings. The summed E-state index contributed by atoms with van der Waals surface area (Å²) < 4.78 is 17.6. The van der Waals surface area contributed by atoms with Crippen molar-refractivity contribution in [1.82, 2.24) is 10.1 Å². The number of rotatable bonds is 9. The van der Waals surface area contributed by atoms with Gasteiger partial charge in [-0.2, -0.15) is 0 Å². The molecule has 5 rings (SSSR count). The number of para-hydroxylation sites is 2. The van der Waals surface area contributed by atoms with Crippen LogP contribution in [0.2, 0.25) is 10.0 Å². The maximum absolute atomic E-state index is 11.9. The van der Waals surface area contributed by atoms with Crippen LogP contribution in [0.4, 0.5) is 0 Å². The second-order valence-electron chi connectivity index (χ2n) is 9.16. The number of hydrogen-bond acceptors (Lipinski definition) is 6. The molecule has 0 aliphatic carbocycles. The van der Waals surface area contributed by atoms with Crippen LogP contribution >= 0.6 is 23.2 Å². The Morgan fingerprint density at radius 1 is 0.949 bits per heavy atom. The second kappa shape index (κ2) is 11.4. The van der Waals surface area contributed by atoms with Gasteiger partial charge in [0.15, 0.2) is 11.4 Å². The van der Waals surface area contributed by atoms with E-state index >= 15 is 0 Å². The minimum atomic E-state index is -1.09. The maximum Gasteiger partial charge on any atom is 0.355 e. The van der Waals surface area contributed by atoms with Crippen LogP contribution in [0.15, 0.2) is 77.3 Å². The van der Waals surface area contributed by atoms with Gasteiger partial charge in [0.25, 0.3) is 0 Å². The Bertz CT molecular complexity index is 1630. The molecule has 1 N–H and O–H groups in total. The van der Waals surface area contributed by atoms with Gasteiger partial charge in [-0.05, 0) is 42.0 Å². The SMILES string of the molecule is CC(C)c1onc(COc2c(Cl)cccc2Cl)c1COc1ccc(-c2cc3ccccc3nc2C(=O)O)cc1. The van der Waals surface area contributed by atoms with Crippen molar-refractivity contribution < 1.29 is 23.9 Å². The van der Waals surface area contributed by atoms with Crippen LogP contribution in [0.1, 0.15) is 47.3 Å². The summed E-state index contributed by atoms with van der Waals surface area (Å²) >= 11 is 12.5. The molecular weight excluding hydrogens is 539 g/mol. The van der Waals surface area contributed by atoms with Crippen LogP contribution in [0, 0.1) is 0 Å². The molecule has 0 atom stereocenters. The number of pyridine rings is 1. The zero-order valence-electron chi connectivity index (χ0n) is 21.2. The van der Waals surface area contributed by atoms with Gasteiger partial charge in [-0.3, -0.25) is 0 Å². The van der Waals surface area contributed by atoms with Gasteiger partial charge < -0.3 is 19.1 Å². The van der Waals surface area contributed by atoms with E-state index in [0.29, 0.717) is 44.1 Å². The molecule has 2 heterocycles. The lowest BCUT2D eigenvalue weighted by Gasteiger charge is -2.12. The number of ether oxygens (including phenoxy) is 2. The van der Waals surface area contributed by atoms with Crippen molar-refractivity contribution in [3.63, 3.8) is 0 Å². The Hall–Kier alpha value is -4.07. The summed E-state index contributed by atoms with van der Waals surface area (Å²) in [7, 11) is 0. The average Bonchev–Trinajstić information content (AvgIpc) is 3.34. The Morgan fingerprint density at radius 2 is 1.67 bits per heavy atom. The topological polar surface area (TPSA) is 94.7 Å². The first-order valence-corrected chi connectivity index (χ1v) is 13.0. The smallest absolute Gasteiger partial charge is 0.355 e. The number of hydrogen-bond donors (Lipinski definition) is 1. The highest BCUT2D eigenvalue weighted by Crippen LogP contribution is 2.34. The van der Waals surface area contributed by atoms with Crippen molar-refractivity contribution in [3.05, 3.63) is 106 Å². The summed E-state index contributed by atoms with van der Waals surface area (Å²) in [5.41, 5.74) is 3.24. The lowest BCUT2D eigenvalue weighted by atomic mass is 10.0. The van der Waals surface area contributed by atoms with E-state index in [0.717, 1.165) is 16.5 Å². The number of halogens is 2. The number of nitrogens with zero attached hydrogens (tertiary/aromatic N) is 2. The molecule has 2 aromatic heterocycles. The molecular formula is C30H24Cl2N2O5. The standard InChI is InChI=1S/C30H24Cl2N2O5/c1-17(2)28-22(26(34-39-28)16-38-29-23(31)7-5-8-24(29)32)15-37-20-12-10-18(11-13-20)21-14-19-6-3-4-9-25(19)33-27(21)30(35)36/h3-14,17H,15-16H2,1-2H3,(H,35,36). The lowest BCUT2D eigenvalue weighted by molar-refractivity contribution is 0.0692. The van der Waals surface area contributed by atoms with Gasteiger partial charge in [-0.15, -0.1) is 0 Å². The molecule has 0 radical (unpaired) electrons. The van der Waals surface area contributed by atoms with Gasteiger partial charge in [0.05, 0.1) is 21.1 Å². The van der Waals surface area contributed by atoms with E-state index < -0.39 is 5.97 Å². The Labute approximate surface area is 234 Å². The van der Waals surface area contributed by atoms with Crippen LogP contribution in [0.3, 0.4) is 0 Å². The summed E-state index contributed by atoms with van der Waals surface area (Å²) in [5.74, 6) is 0.662. The van der Waals surface area contributed by atoms with Crippen molar-refractivity contribution >= 4 is 40.1 Å². The van der Waals surface area contributed by atoms with Crippen LogP contribution in [0.5, 0.6) is 11.5 Å². The van der Waals surface area contributed by atoms with Crippen molar-refractivity contribution in [2.45, 2.75) is 33.0 Å². The molecule has 198 valence electrons. The number of fused-ring (bicyclic) bond motifs is 1. The fourth-order valence-corrected chi connectivity index (χ4v) is 4.73. The highest BCUT2D eigenvalue weighted by atomic mass is 35.5. The molecule has 7 nitrogen and oxygen atoms in total. The second-order valence-corrected chi connectivity index (χ2v) is 9.98. The number of carbonyl (C=O) groups is 1. The largest absolute Gasteiger partial charge is 0.489 e. The molecule has 0 saturated carbocycles. The molecule has 3 aromatic carbocycles. The Balaban J connectivity index is 1.36. The highest BCUT2D eigenvalue weighted by molar-refractivity contribution is 6.37. The lowest BCUT2D eigenvalue weighted by Crippen LogP contribution is -2.06. The predicted octanol–water partition coefficient (Wildman–Crippen LogP) is 8.18. The predicted molar refractivity (Wildman–Crippen MR) is 150 cm³/mol. The van der Waals surface area contributed by atoms with Gasteiger partial charge >= 0.3 is 5.97 Å². The van der Waals surface area contributed by atoms with Crippen LogP contribution in [-0.2, 0) is 13.2 Å². The minimum Gasteiger partial charge on any atom is -0.489 e. The molecule has 9 heteroatoms. The highest BCUT2D eigenvalue weighted by Gasteiger charge is 2.21. The molecule has 0 aliphatic rings. The third-order valence-corrected chi connectivity index (χ3v) is 6.77. The van der Waals surface area contributed by atoms with E-state index in [-0.39, 0.29) is 24.8 Å².